The summed E-state index contributed by atoms with van der Waals surface area (Å²) >= 11 is 0. The van der Waals surface area contributed by atoms with Crippen molar-refractivity contribution in [2.75, 3.05) is 0 Å². The van der Waals surface area contributed by atoms with Crippen LogP contribution in [0.4, 0.5) is 4.79 Å². The predicted molar refractivity (Wildman–Crippen MR) is 145 cm³/mol. The number of hydrogen-bond acceptors (Lipinski definition) is 6. The summed E-state index contributed by atoms with van der Waals surface area (Å²) in [6.07, 6.45) is 3.82. The molecule has 208 valence electrons. The first-order valence-electron chi connectivity index (χ1n) is 14.3. The number of nitrogens with zero attached hydrogens (tertiary/aromatic N) is 1. The van der Waals surface area contributed by atoms with Gasteiger partial charge >= 0.3 is 6.09 Å². The molecule has 1 N–H and O–H groups in total. The minimum Gasteiger partial charge on any atom is -0.443 e. The van der Waals surface area contributed by atoms with E-state index in [1.165, 1.54) is 0 Å². The third-order valence-corrected chi connectivity index (χ3v) is 11.0. The number of carbonyl (C=O) groups excluding carboxylic acids is 2. The summed E-state index contributed by atoms with van der Waals surface area (Å²) < 4.78 is 20.6. The number of hydrogen-bond donors (Lipinski definition) is 1. The molecular weight excluding hydrogens is 494 g/mol. The van der Waals surface area contributed by atoms with Crippen LogP contribution < -0.4 is 0 Å². The average Bonchev–Trinajstić information content (AvgIpc) is 3.41. The molecule has 1 aromatic carbocycles. The number of benzene rings is 1. The van der Waals surface area contributed by atoms with Crippen LogP contribution in [0.1, 0.15) is 85.4 Å². The van der Waals surface area contributed by atoms with E-state index >= 15 is 0 Å². The van der Waals surface area contributed by atoms with Crippen molar-refractivity contribution in [2.45, 2.75) is 115 Å². The third kappa shape index (κ3) is 2.89. The fourth-order valence-corrected chi connectivity index (χ4v) is 9.07. The first-order chi connectivity index (χ1) is 18.1. The fraction of sp³-hybridized carbons (Fsp3) is 0.625. The number of aromatic nitrogens is 1. The maximum absolute atomic E-state index is 13.9. The highest BCUT2D eigenvalue weighted by Crippen LogP contribution is 2.72. The van der Waals surface area contributed by atoms with Gasteiger partial charge in [-0.1, -0.05) is 32.0 Å². The Morgan fingerprint density at radius 3 is 2.54 bits per heavy atom. The van der Waals surface area contributed by atoms with Crippen LogP contribution in [0.2, 0.25) is 0 Å². The number of para-hydroxylation sites is 1. The van der Waals surface area contributed by atoms with E-state index in [2.05, 4.69) is 19.9 Å². The van der Waals surface area contributed by atoms with E-state index in [0.29, 0.717) is 24.8 Å². The molecule has 7 nitrogen and oxygen atoms in total. The van der Waals surface area contributed by atoms with Gasteiger partial charge in [-0.3, -0.25) is 4.79 Å². The van der Waals surface area contributed by atoms with Gasteiger partial charge in [-0.25, -0.2) is 9.36 Å². The topological polar surface area (TPSA) is 87.0 Å². The number of ketones is 1. The van der Waals surface area contributed by atoms with Crippen LogP contribution in [0, 0.1) is 11.3 Å². The van der Waals surface area contributed by atoms with Crippen molar-refractivity contribution >= 4 is 22.8 Å². The Morgan fingerprint density at radius 1 is 1.10 bits per heavy atom. The normalized spacial score (nSPS) is 40.0. The molecule has 2 aromatic rings. The van der Waals surface area contributed by atoms with E-state index < -0.39 is 45.6 Å². The van der Waals surface area contributed by atoms with E-state index in [1.807, 2.05) is 52.8 Å². The molecule has 3 aliphatic carbocycles. The van der Waals surface area contributed by atoms with E-state index in [9.17, 15) is 14.7 Å². The molecule has 6 atom stereocenters. The monoisotopic (exact) mass is 533 g/mol. The van der Waals surface area contributed by atoms with Crippen LogP contribution in [0.3, 0.4) is 0 Å². The molecular formula is C32H39NO6. The number of rotatable bonds is 0. The zero-order chi connectivity index (χ0) is 28.0. The Balaban J connectivity index is 1.45. The zero-order valence-electron chi connectivity index (χ0n) is 24.0. The maximum atomic E-state index is 13.9. The SMILES string of the molecule is CC(C)(C)OC(=O)n1c2c(c3ccccc31)C[C@@H]1CC[C@@]3(O)C4=CC(=O)[C@@H]5O[C@@]4(CC[C@]3(C)[C@@]21C)OC5(C)C. The second kappa shape index (κ2) is 7.23. The van der Waals surface area contributed by atoms with Crippen LogP contribution >= 0.6 is 0 Å². The van der Waals surface area contributed by atoms with Gasteiger partial charge in [-0.2, -0.15) is 0 Å². The minimum atomic E-state index is -1.34. The van der Waals surface area contributed by atoms with E-state index in [0.717, 1.165) is 35.0 Å². The van der Waals surface area contributed by atoms with Crippen LogP contribution in [0.5, 0.6) is 0 Å². The molecule has 1 saturated heterocycles. The summed E-state index contributed by atoms with van der Waals surface area (Å²) in [6.45, 7) is 13.8. The summed E-state index contributed by atoms with van der Waals surface area (Å²) in [5.74, 6) is -1.02. The molecule has 7 heteroatoms. The first-order valence-corrected chi connectivity index (χ1v) is 14.3. The average molecular weight is 534 g/mol. The van der Waals surface area contributed by atoms with Crippen molar-refractivity contribution in [2.24, 2.45) is 11.3 Å². The zero-order valence-corrected chi connectivity index (χ0v) is 24.0. The number of aliphatic hydroxyl groups is 1. The third-order valence-electron chi connectivity index (χ3n) is 11.0. The quantitative estimate of drug-likeness (QED) is 0.476. The highest BCUT2D eigenvalue weighted by molar-refractivity contribution is 5.97. The summed E-state index contributed by atoms with van der Waals surface area (Å²) in [6, 6.07) is 8.03. The molecule has 0 radical (unpaired) electrons. The number of carbonyl (C=O) groups is 2. The lowest BCUT2D eigenvalue weighted by atomic mass is 9.42. The van der Waals surface area contributed by atoms with Gasteiger partial charge in [0.05, 0.1) is 11.1 Å². The Kier molecular flexibility index (Phi) is 4.72. The summed E-state index contributed by atoms with van der Waals surface area (Å²) in [7, 11) is 0. The summed E-state index contributed by atoms with van der Waals surface area (Å²) in [5.41, 5.74) is -0.529. The summed E-state index contributed by atoms with van der Waals surface area (Å²) in [5, 5.41) is 13.9. The minimum absolute atomic E-state index is 0.150. The molecule has 39 heavy (non-hydrogen) atoms. The van der Waals surface area contributed by atoms with Gasteiger partial charge in [0.2, 0.25) is 0 Å². The summed E-state index contributed by atoms with van der Waals surface area (Å²) in [4.78, 5) is 27.2. The van der Waals surface area contributed by atoms with Crippen molar-refractivity contribution < 1.29 is 28.9 Å². The molecule has 2 saturated carbocycles. The number of ether oxygens (including phenoxy) is 3. The molecule has 7 rings (SSSR count). The van der Waals surface area contributed by atoms with Crippen molar-refractivity contribution in [3.63, 3.8) is 0 Å². The molecule has 0 amide bonds. The van der Waals surface area contributed by atoms with Crippen LogP contribution in [-0.2, 0) is 30.8 Å². The molecule has 3 heterocycles. The van der Waals surface area contributed by atoms with E-state index in [-0.39, 0.29) is 11.7 Å². The van der Waals surface area contributed by atoms with Crippen LogP contribution in [0.25, 0.3) is 10.9 Å². The van der Waals surface area contributed by atoms with Crippen molar-refractivity contribution in [1.82, 2.24) is 4.57 Å². The fourth-order valence-electron chi connectivity index (χ4n) is 9.07. The van der Waals surface area contributed by atoms with Gasteiger partial charge < -0.3 is 19.3 Å². The lowest BCUT2D eigenvalue weighted by Gasteiger charge is -2.65. The van der Waals surface area contributed by atoms with Crippen molar-refractivity contribution in [3.05, 3.63) is 47.2 Å². The smallest absolute Gasteiger partial charge is 0.419 e. The second-order valence-electron chi connectivity index (χ2n) is 14.4. The Labute approximate surface area is 229 Å². The lowest BCUT2D eigenvalue weighted by molar-refractivity contribution is -0.248. The predicted octanol–water partition coefficient (Wildman–Crippen LogP) is 5.58. The van der Waals surface area contributed by atoms with Crippen molar-refractivity contribution in [1.29, 1.82) is 0 Å². The Morgan fingerprint density at radius 2 is 1.82 bits per heavy atom. The number of fused-ring (bicyclic) bond motifs is 9. The Bertz CT molecular complexity index is 1490. The maximum Gasteiger partial charge on any atom is 0.419 e. The van der Waals surface area contributed by atoms with Gasteiger partial charge in [0.1, 0.15) is 11.2 Å². The van der Waals surface area contributed by atoms with Gasteiger partial charge in [0.25, 0.3) is 0 Å². The molecule has 1 spiro atoms. The van der Waals surface area contributed by atoms with Crippen LogP contribution in [-0.4, -0.2) is 50.2 Å². The van der Waals surface area contributed by atoms with Gasteiger partial charge in [-0.15, -0.1) is 0 Å². The Hall–Kier alpha value is -2.48. The first kappa shape index (κ1) is 25.5. The standard InChI is InChI=1S/C32H39NO6/c1-27(2,3)38-26(35)33-21-11-9-8-10-19(21)20-16-18-12-13-31(36)23-17-22(34)25-28(4,5)39-32(23,37-25)15-14-29(31,6)30(18,7)24(20)33/h8-11,17-18,25,36H,12-16H2,1-7H3/t18-,25-,29+,30+,31+,32-/m0/s1. The van der Waals surface area contributed by atoms with E-state index in [4.69, 9.17) is 14.2 Å². The molecule has 3 fully saturated rings. The van der Waals surface area contributed by atoms with Gasteiger partial charge in [0, 0.05) is 33.9 Å². The largest absolute Gasteiger partial charge is 0.443 e. The highest BCUT2D eigenvalue weighted by Gasteiger charge is 2.75. The van der Waals surface area contributed by atoms with Crippen LogP contribution in [0.15, 0.2) is 35.9 Å². The molecule has 2 aliphatic heterocycles. The highest BCUT2D eigenvalue weighted by atomic mass is 16.8. The molecule has 0 unspecified atom stereocenters. The molecule has 5 aliphatic rings. The molecule has 1 aromatic heterocycles. The van der Waals surface area contributed by atoms with Gasteiger partial charge in [-0.05, 0) is 83.9 Å². The molecule has 2 bridgehead atoms. The second-order valence-corrected chi connectivity index (χ2v) is 14.4. The van der Waals surface area contributed by atoms with Gasteiger partial charge in [0.15, 0.2) is 17.7 Å². The lowest BCUT2D eigenvalue weighted by Crippen LogP contribution is -2.70. The van der Waals surface area contributed by atoms with Crippen molar-refractivity contribution in [3.8, 4) is 0 Å². The van der Waals surface area contributed by atoms with E-state index in [1.54, 1.807) is 10.6 Å².